The normalized spacial score (nSPS) is 20.7. The van der Waals surface area contributed by atoms with Gasteiger partial charge in [0.2, 0.25) is 0 Å². The summed E-state index contributed by atoms with van der Waals surface area (Å²) in [6.07, 6.45) is 4.45. The van der Waals surface area contributed by atoms with Gasteiger partial charge in [0.1, 0.15) is 7.11 Å². The second-order valence-corrected chi connectivity index (χ2v) is 4.98. The van der Waals surface area contributed by atoms with Crippen molar-refractivity contribution in [3.63, 3.8) is 0 Å². The van der Waals surface area contributed by atoms with Crippen LogP contribution in [-0.2, 0) is 14.9 Å². The van der Waals surface area contributed by atoms with Crippen molar-refractivity contribution in [2.45, 2.75) is 37.4 Å². The zero-order valence-corrected chi connectivity index (χ0v) is 8.46. The quantitative estimate of drug-likeness (QED) is 0.521. The Kier molecular flexibility index (Phi) is 3.65. The molecule has 1 fully saturated rings. The molecular formula is C7H14N2O3S. The summed E-state index contributed by atoms with van der Waals surface area (Å²) in [4.78, 5) is 4.25. The van der Waals surface area contributed by atoms with Crippen molar-refractivity contribution in [1.82, 2.24) is 0 Å². The van der Waals surface area contributed by atoms with E-state index >= 15 is 0 Å². The van der Waals surface area contributed by atoms with Gasteiger partial charge in [-0.1, -0.05) is 19.3 Å². The number of rotatable bonds is 3. The van der Waals surface area contributed by atoms with Crippen molar-refractivity contribution in [1.29, 1.82) is 0 Å². The van der Waals surface area contributed by atoms with E-state index in [2.05, 4.69) is 14.6 Å². The van der Waals surface area contributed by atoms with Gasteiger partial charge in [0.25, 0.3) is 10.0 Å². The highest BCUT2D eigenvalue weighted by Crippen LogP contribution is 2.24. The van der Waals surface area contributed by atoms with Gasteiger partial charge < -0.3 is 4.84 Å². The predicted octanol–water partition coefficient (Wildman–Crippen LogP) is 1.66. The lowest BCUT2D eigenvalue weighted by atomic mass is 10.0. The van der Waals surface area contributed by atoms with Crippen LogP contribution in [0.2, 0.25) is 0 Å². The first-order valence-corrected chi connectivity index (χ1v) is 5.86. The molecule has 1 aliphatic rings. The Hall–Kier alpha value is -0.650. The Morgan fingerprint density at radius 1 is 1.23 bits per heavy atom. The Morgan fingerprint density at radius 3 is 2.38 bits per heavy atom. The molecule has 0 N–H and O–H groups in total. The van der Waals surface area contributed by atoms with E-state index in [9.17, 15) is 8.42 Å². The number of nitrogens with zero attached hydrogens (tertiary/aromatic N) is 2. The fourth-order valence-electron chi connectivity index (χ4n) is 1.51. The first-order chi connectivity index (χ1) is 6.17. The van der Waals surface area contributed by atoms with Crippen LogP contribution in [0.4, 0.5) is 0 Å². The minimum Gasteiger partial charge on any atom is -0.382 e. The summed E-state index contributed by atoms with van der Waals surface area (Å²) in [5, 5.41) is 2.71. The molecule has 76 valence electrons. The topological polar surface area (TPSA) is 68.1 Å². The molecule has 6 heteroatoms. The summed E-state index contributed by atoms with van der Waals surface area (Å²) in [5.41, 5.74) is 0. The Morgan fingerprint density at radius 2 is 1.85 bits per heavy atom. The number of sulfonamides is 1. The van der Waals surface area contributed by atoms with E-state index in [1.54, 1.807) is 0 Å². The summed E-state index contributed by atoms with van der Waals surface area (Å²) >= 11 is 0. The minimum atomic E-state index is -3.41. The molecule has 1 aliphatic carbocycles. The summed E-state index contributed by atoms with van der Waals surface area (Å²) in [7, 11) is -2.13. The molecule has 0 aromatic heterocycles. The van der Waals surface area contributed by atoms with Crippen molar-refractivity contribution in [3.05, 3.63) is 0 Å². The molecular weight excluding hydrogens is 192 g/mol. The Bertz CT molecular complexity index is 267. The van der Waals surface area contributed by atoms with Crippen LogP contribution >= 0.6 is 0 Å². The molecule has 1 rings (SSSR count). The molecule has 0 heterocycles. The smallest absolute Gasteiger partial charge is 0.275 e. The van der Waals surface area contributed by atoms with Crippen molar-refractivity contribution in [3.8, 4) is 0 Å². The Labute approximate surface area is 78.2 Å². The summed E-state index contributed by atoms with van der Waals surface area (Å²) in [5.74, 6) is 0. The molecule has 0 unspecified atom stereocenters. The van der Waals surface area contributed by atoms with E-state index < -0.39 is 10.0 Å². The second kappa shape index (κ2) is 4.55. The van der Waals surface area contributed by atoms with Crippen LogP contribution in [0.5, 0.6) is 0 Å². The van der Waals surface area contributed by atoms with Gasteiger partial charge in [0, 0.05) is 5.28 Å². The third-order valence-electron chi connectivity index (χ3n) is 2.20. The van der Waals surface area contributed by atoms with Gasteiger partial charge in [-0.15, -0.1) is 0 Å². The van der Waals surface area contributed by atoms with E-state index in [0.29, 0.717) is 12.8 Å². The van der Waals surface area contributed by atoms with Crippen LogP contribution in [0, 0.1) is 0 Å². The summed E-state index contributed by atoms with van der Waals surface area (Å²) < 4.78 is 26.0. The molecule has 0 aromatic carbocycles. The van der Waals surface area contributed by atoms with Gasteiger partial charge in [-0.25, -0.2) is 8.42 Å². The first kappa shape index (κ1) is 10.4. The molecule has 0 saturated heterocycles. The highest BCUT2D eigenvalue weighted by molar-refractivity contribution is 7.90. The largest absolute Gasteiger partial charge is 0.382 e. The van der Waals surface area contributed by atoms with Crippen molar-refractivity contribution in [2.75, 3.05) is 7.11 Å². The van der Waals surface area contributed by atoms with E-state index in [0.717, 1.165) is 19.3 Å². The monoisotopic (exact) mass is 206 g/mol. The predicted molar refractivity (Wildman–Crippen MR) is 47.7 cm³/mol. The maximum absolute atomic E-state index is 11.4. The minimum absolute atomic E-state index is 0.347. The Balaban J connectivity index is 2.62. The van der Waals surface area contributed by atoms with Crippen molar-refractivity contribution < 1.29 is 13.3 Å². The second-order valence-electron chi connectivity index (χ2n) is 3.12. The van der Waals surface area contributed by atoms with E-state index in [-0.39, 0.29) is 5.25 Å². The standard InChI is InChI=1S/C7H14N2O3S/c1-12-8-9-13(10,11)7-5-3-2-4-6-7/h7H,2-6H2,1H3. The molecule has 0 aliphatic heterocycles. The lowest BCUT2D eigenvalue weighted by Gasteiger charge is -2.18. The van der Waals surface area contributed by atoms with Crippen molar-refractivity contribution >= 4 is 10.0 Å². The van der Waals surface area contributed by atoms with Gasteiger partial charge in [0.05, 0.1) is 5.25 Å². The third-order valence-corrected chi connectivity index (χ3v) is 3.81. The zero-order valence-electron chi connectivity index (χ0n) is 7.64. The average Bonchev–Trinajstić information content (AvgIpc) is 2.16. The van der Waals surface area contributed by atoms with Gasteiger partial charge in [0.15, 0.2) is 0 Å². The summed E-state index contributed by atoms with van der Waals surface area (Å²) in [6.45, 7) is 0. The van der Waals surface area contributed by atoms with Crippen LogP contribution in [0.25, 0.3) is 0 Å². The lowest BCUT2D eigenvalue weighted by molar-refractivity contribution is 0.192. The first-order valence-electron chi connectivity index (χ1n) is 4.36. The SMILES string of the molecule is CON=NS(=O)(=O)C1CCCCC1. The lowest BCUT2D eigenvalue weighted by Crippen LogP contribution is -2.21. The molecule has 0 radical (unpaired) electrons. The van der Waals surface area contributed by atoms with E-state index in [1.807, 2.05) is 0 Å². The van der Waals surface area contributed by atoms with Gasteiger partial charge in [-0.05, 0) is 17.4 Å². The number of hydrogen-bond acceptors (Lipinski definition) is 4. The maximum Gasteiger partial charge on any atom is 0.275 e. The fourth-order valence-corrected chi connectivity index (χ4v) is 2.73. The zero-order chi connectivity index (χ0) is 9.73. The van der Waals surface area contributed by atoms with Crippen LogP contribution < -0.4 is 0 Å². The van der Waals surface area contributed by atoms with Crippen LogP contribution in [0.15, 0.2) is 9.80 Å². The van der Waals surface area contributed by atoms with E-state index in [1.165, 1.54) is 7.11 Å². The van der Waals surface area contributed by atoms with Gasteiger partial charge >= 0.3 is 0 Å². The molecule has 0 spiro atoms. The highest BCUT2D eigenvalue weighted by Gasteiger charge is 2.27. The van der Waals surface area contributed by atoms with Gasteiger partial charge in [-0.2, -0.15) is 0 Å². The van der Waals surface area contributed by atoms with Gasteiger partial charge in [-0.3, -0.25) is 0 Å². The molecule has 0 bridgehead atoms. The molecule has 1 saturated carbocycles. The van der Waals surface area contributed by atoms with Crippen LogP contribution in [0.1, 0.15) is 32.1 Å². The van der Waals surface area contributed by atoms with Crippen molar-refractivity contribution in [2.24, 2.45) is 9.80 Å². The number of hydrogen-bond donors (Lipinski definition) is 0. The highest BCUT2D eigenvalue weighted by atomic mass is 32.2. The molecule has 0 amide bonds. The molecule has 0 aromatic rings. The molecule has 5 nitrogen and oxygen atoms in total. The fraction of sp³-hybridized carbons (Fsp3) is 1.00. The van der Waals surface area contributed by atoms with E-state index in [4.69, 9.17) is 0 Å². The third kappa shape index (κ3) is 2.95. The van der Waals surface area contributed by atoms with Crippen LogP contribution in [0.3, 0.4) is 0 Å². The summed E-state index contributed by atoms with van der Waals surface area (Å²) in [6, 6.07) is 0. The maximum atomic E-state index is 11.4. The van der Waals surface area contributed by atoms with Crippen LogP contribution in [-0.4, -0.2) is 20.8 Å². The molecule has 0 atom stereocenters. The molecule has 13 heavy (non-hydrogen) atoms. The average molecular weight is 206 g/mol.